The van der Waals surface area contributed by atoms with Crippen LogP contribution in [-0.4, -0.2) is 20.9 Å². The van der Waals surface area contributed by atoms with Gasteiger partial charge in [-0.05, 0) is 42.3 Å². The van der Waals surface area contributed by atoms with Crippen LogP contribution in [0.4, 0.5) is 0 Å². The van der Waals surface area contributed by atoms with Crippen LogP contribution >= 0.6 is 0 Å². The highest BCUT2D eigenvalue weighted by atomic mass is 16.5. The van der Waals surface area contributed by atoms with Crippen LogP contribution in [0.5, 0.6) is 5.75 Å². The molecule has 4 aromatic rings. The normalized spacial score (nSPS) is 10.6. The van der Waals surface area contributed by atoms with E-state index >= 15 is 0 Å². The van der Waals surface area contributed by atoms with E-state index in [-0.39, 0.29) is 17.9 Å². The highest BCUT2D eigenvalue weighted by molar-refractivity contribution is 5.78. The Bertz CT molecular complexity index is 1270. The van der Waals surface area contributed by atoms with Gasteiger partial charge in [-0.2, -0.15) is 0 Å². The van der Waals surface area contributed by atoms with Gasteiger partial charge in [0.25, 0.3) is 5.56 Å². The van der Waals surface area contributed by atoms with Gasteiger partial charge in [0.1, 0.15) is 18.2 Å². The largest absolute Gasteiger partial charge is 0.489 e. The molecule has 2 aromatic heterocycles. The second kappa shape index (κ2) is 10.4. The van der Waals surface area contributed by atoms with Gasteiger partial charge in [0.05, 0.1) is 6.42 Å². The van der Waals surface area contributed by atoms with Crippen LogP contribution in [0.15, 0.2) is 83.9 Å². The molecular weight excluding hydrogens is 416 g/mol. The third-order valence-corrected chi connectivity index (χ3v) is 5.16. The molecule has 0 aliphatic carbocycles. The lowest BCUT2D eigenvalue weighted by Gasteiger charge is -2.09. The molecule has 4 rings (SSSR count). The zero-order chi connectivity index (χ0) is 23.0. The Morgan fingerprint density at radius 2 is 1.76 bits per heavy atom. The molecule has 0 saturated carbocycles. The van der Waals surface area contributed by atoms with Gasteiger partial charge in [-0.3, -0.25) is 14.6 Å². The molecule has 7 nitrogen and oxygen atoms in total. The lowest BCUT2D eigenvalue weighted by molar-refractivity contribution is -0.120. The molecule has 0 saturated heterocycles. The van der Waals surface area contributed by atoms with E-state index in [9.17, 15) is 9.59 Å². The molecule has 0 fully saturated rings. The summed E-state index contributed by atoms with van der Waals surface area (Å²) < 4.78 is 5.74. The van der Waals surface area contributed by atoms with Crippen LogP contribution < -0.4 is 15.6 Å². The molecule has 2 aromatic carbocycles. The first-order valence-corrected chi connectivity index (χ1v) is 10.6. The second-order valence-corrected chi connectivity index (χ2v) is 7.59. The summed E-state index contributed by atoms with van der Waals surface area (Å²) in [6, 6.07) is 21.1. The molecule has 0 atom stereocenters. The van der Waals surface area contributed by atoms with Crippen molar-refractivity contribution in [1.29, 1.82) is 0 Å². The van der Waals surface area contributed by atoms with Crippen molar-refractivity contribution < 1.29 is 9.53 Å². The van der Waals surface area contributed by atoms with Crippen molar-refractivity contribution in [2.45, 2.75) is 26.5 Å². The monoisotopic (exact) mass is 440 g/mol. The van der Waals surface area contributed by atoms with Crippen LogP contribution in [0.3, 0.4) is 0 Å². The molecule has 0 aliphatic rings. The minimum atomic E-state index is -0.320. The van der Waals surface area contributed by atoms with Crippen LogP contribution in [-0.2, 0) is 24.4 Å². The summed E-state index contributed by atoms with van der Waals surface area (Å²) in [5.41, 5.74) is 3.27. The predicted molar refractivity (Wildman–Crippen MR) is 126 cm³/mol. The molecular formula is C26H24N4O3. The fourth-order valence-electron chi connectivity index (χ4n) is 3.32. The van der Waals surface area contributed by atoms with Crippen molar-refractivity contribution in [3.63, 3.8) is 0 Å². The smallest absolute Gasteiger partial charge is 0.255 e. The lowest BCUT2D eigenvalue weighted by atomic mass is 10.1. The number of aromatic nitrogens is 3. The number of hydrogen-bond acceptors (Lipinski definition) is 5. The van der Waals surface area contributed by atoms with Gasteiger partial charge in [-0.25, -0.2) is 4.98 Å². The Morgan fingerprint density at radius 3 is 2.45 bits per heavy atom. The number of aryl methyl sites for hydroxylation is 1. The third-order valence-electron chi connectivity index (χ3n) is 5.16. The van der Waals surface area contributed by atoms with Crippen LogP contribution in [0.2, 0.25) is 0 Å². The van der Waals surface area contributed by atoms with Crippen LogP contribution in [0, 0.1) is 6.92 Å². The number of carbonyl (C=O) groups is 1. The zero-order valence-corrected chi connectivity index (χ0v) is 18.2. The number of pyridine rings is 1. The highest BCUT2D eigenvalue weighted by Gasteiger charge is 2.13. The van der Waals surface area contributed by atoms with Gasteiger partial charge < -0.3 is 15.0 Å². The number of benzene rings is 2. The van der Waals surface area contributed by atoms with E-state index in [4.69, 9.17) is 4.74 Å². The van der Waals surface area contributed by atoms with Gasteiger partial charge in [-0.1, -0.05) is 42.5 Å². The van der Waals surface area contributed by atoms with Crippen molar-refractivity contribution >= 4 is 5.91 Å². The quantitative estimate of drug-likeness (QED) is 0.437. The Balaban J connectivity index is 1.31. The molecule has 0 spiro atoms. The molecule has 2 heterocycles. The number of amides is 1. The molecule has 0 radical (unpaired) electrons. The molecule has 166 valence electrons. The number of rotatable bonds is 8. The summed E-state index contributed by atoms with van der Waals surface area (Å²) in [6.45, 7) is 2.57. The van der Waals surface area contributed by atoms with E-state index in [1.165, 1.54) is 0 Å². The predicted octanol–water partition coefficient (Wildman–Crippen LogP) is 3.58. The first kappa shape index (κ1) is 22.0. The average Bonchev–Trinajstić information content (AvgIpc) is 2.85. The molecule has 0 aliphatic heterocycles. The Hall–Kier alpha value is -4.26. The number of hydrogen-bond donors (Lipinski definition) is 2. The van der Waals surface area contributed by atoms with Crippen LogP contribution in [0.25, 0.3) is 11.4 Å². The molecule has 2 N–H and O–H groups in total. The fraction of sp³-hybridized carbons (Fsp3) is 0.154. The number of ether oxygens (including phenoxy) is 1. The summed E-state index contributed by atoms with van der Waals surface area (Å²) in [7, 11) is 0. The number of para-hydroxylation sites is 1. The summed E-state index contributed by atoms with van der Waals surface area (Å²) in [6.07, 6.45) is 3.24. The summed E-state index contributed by atoms with van der Waals surface area (Å²) >= 11 is 0. The average molecular weight is 441 g/mol. The molecule has 0 unspecified atom stereocenters. The van der Waals surface area contributed by atoms with Gasteiger partial charge in [-0.15, -0.1) is 0 Å². The summed E-state index contributed by atoms with van der Waals surface area (Å²) in [5.74, 6) is 1.02. The maximum absolute atomic E-state index is 12.5. The van der Waals surface area contributed by atoms with E-state index in [1.54, 1.807) is 25.4 Å². The summed E-state index contributed by atoms with van der Waals surface area (Å²) in [4.78, 5) is 36.2. The maximum atomic E-state index is 12.5. The van der Waals surface area contributed by atoms with Gasteiger partial charge in [0.2, 0.25) is 5.91 Å². The topological polar surface area (TPSA) is 97.0 Å². The SMILES string of the molecule is Cc1nc(-c2cccnc2)[nH]c(=O)c1CC(=O)NCc1ccc(COc2ccccc2)cc1. The molecule has 1 amide bonds. The van der Waals surface area contributed by atoms with Gasteiger partial charge >= 0.3 is 0 Å². The number of nitrogens with zero attached hydrogens (tertiary/aromatic N) is 2. The maximum Gasteiger partial charge on any atom is 0.255 e. The van der Waals surface area contributed by atoms with Crippen molar-refractivity contribution in [3.8, 4) is 17.1 Å². The Labute approximate surface area is 191 Å². The van der Waals surface area contributed by atoms with Crippen molar-refractivity contribution in [2.75, 3.05) is 0 Å². The number of H-pyrrole nitrogens is 1. The highest BCUT2D eigenvalue weighted by Crippen LogP contribution is 2.14. The minimum Gasteiger partial charge on any atom is -0.489 e. The Morgan fingerprint density at radius 1 is 1.00 bits per heavy atom. The summed E-state index contributed by atoms with van der Waals surface area (Å²) in [5, 5.41) is 2.86. The zero-order valence-electron chi connectivity index (χ0n) is 18.2. The second-order valence-electron chi connectivity index (χ2n) is 7.59. The third kappa shape index (κ3) is 5.92. The first-order valence-electron chi connectivity index (χ1n) is 10.6. The lowest BCUT2D eigenvalue weighted by Crippen LogP contribution is -2.28. The van der Waals surface area contributed by atoms with E-state index in [1.807, 2.05) is 60.7 Å². The van der Waals surface area contributed by atoms with Crippen molar-refractivity contribution in [1.82, 2.24) is 20.3 Å². The number of aromatic amines is 1. The van der Waals surface area contributed by atoms with Gasteiger partial charge in [0.15, 0.2) is 0 Å². The fourth-order valence-corrected chi connectivity index (χ4v) is 3.32. The Kier molecular flexibility index (Phi) is 6.90. The van der Waals surface area contributed by atoms with E-state index in [2.05, 4.69) is 20.3 Å². The van der Waals surface area contributed by atoms with E-state index in [0.717, 1.165) is 16.9 Å². The minimum absolute atomic E-state index is 0.0372. The molecule has 7 heteroatoms. The van der Waals surface area contributed by atoms with Crippen molar-refractivity contribution in [3.05, 3.63) is 112 Å². The first-order chi connectivity index (χ1) is 16.1. The number of nitrogens with one attached hydrogen (secondary N) is 2. The molecule has 33 heavy (non-hydrogen) atoms. The van der Waals surface area contributed by atoms with Crippen LogP contribution in [0.1, 0.15) is 22.4 Å². The standard InChI is InChI=1S/C26H24N4O3/c1-18-23(26(32)30-25(29-18)21-6-5-13-27-16-21)14-24(31)28-15-19-9-11-20(12-10-19)17-33-22-7-3-2-4-8-22/h2-13,16H,14-15,17H2,1H3,(H,28,31)(H,29,30,32). The van der Waals surface area contributed by atoms with E-state index in [0.29, 0.717) is 35.8 Å². The number of carbonyl (C=O) groups excluding carboxylic acids is 1. The van der Waals surface area contributed by atoms with Gasteiger partial charge in [0, 0.05) is 35.8 Å². The van der Waals surface area contributed by atoms with Crippen molar-refractivity contribution in [2.24, 2.45) is 0 Å². The van der Waals surface area contributed by atoms with E-state index < -0.39 is 0 Å². The molecule has 0 bridgehead atoms.